The lowest BCUT2D eigenvalue weighted by Crippen LogP contribution is -2.47. The summed E-state index contributed by atoms with van der Waals surface area (Å²) >= 11 is 0. The lowest BCUT2D eigenvalue weighted by Gasteiger charge is -2.48. The van der Waals surface area contributed by atoms with Crippen LogP contribution in [0.25, 0.3) is 5.57 Å². The average Bonchev–Trinajstić information content (AvgIpc) is 2.58. The number of allylic oxidation sites excluding steroid dienone is 3. The minimum Gasteiger partial charge on any atom is -0.289 e. The molecule has 1 saturated heterocycles. The minimum absolute atomic E-state index is 0.503. The van der Waals surface area contributed by atoms with Gasteiger partial charge >= 0.3 is 0 Å². The number of hydrogen-bond acceptors (Lipinski definition) is 2. The van der Waals surface area contributed by atoms with Crippen molar-refractivity contribution < 1.29 is 0 Å². The summed E-state index contributed by atoms with van der Waals surface area (Å²) in [6.07, 6.45) is 14.7. The van der Waals surface area contributed by atoms with Gasteiger partial charge < -0.3 is 0 Å². The van der Waals surface area contributed by atoms with E-state index in [0.29, 0.717) is 18.0 Å². The molecular weight excluding hydrogens is 268 g/mol. The Hall–Kier alpha value is -1.67. The van der Waals surface area contributed by atoms with E-state index < -0.39 is 0 Å². The van der Waals surface area contributed by atoms with Gasteiger partial charge in [-0.05, 0) is 55.9 Å². The fourth-order valence-corrected chi connectivity index (χ4v) is 3.94. The van der Waals surface area contributed by atoms with E-state index in [0.717, 1.165) is 11.3 Å². The molecule has 1 aromatic rings. The molecule has 0 amide bonds. The van der Waals surface area contributed by atoms with Crippen LogP contribution < -0.4 is 0 Å². The smallest absolute Gasteiger partial charge is 0.0698 e. The lowest BCUT2D eigenvalue weighted by molar-refractivity contribution is 0.0636. The maximum Gasteiger partial charge on any atom is 0.0698 e. The van der Waals surface area contributed by atoms with Gasteiger partial charge in [-0.3, -0.25) is 9.88 Å². The Morgan fingerprint density at radius 2 is 2.23 bits per heavy atom. The summed E-state index contributed by atoms with van der Waals surface area (Å²) in [5.74, 6) is 0.643. The molecule has 2 heteroatoms. The van der Waals surface area contributed by atoms with Crippen LogP contribution in [0.1, 0.15) is 50.4 Å². The Bertz CT molecular complexity index is 582. The Labute approximate surface area is 134 Å². The molecule has 1 aromatic heterocycles. The normalized spacial score (nSPS) is 28.1. The monoisotopic (exact) mass is 294 g/mol. The van der Waals surface area contributed by atoms with Crippen molar-refractivity contribution in [3.8, 4) is 0 Å². The van der Waals surface area contributed by atoms with Crippen LogP contribution in [0.4, 0.5) is 0 Å². The van der Waals surface area contributed by atoms with Crippen LogP contribution in [-0.2, 0) is 0 Å². The summed E-state index contributed by atoms with van der Waals surface area (Å²) in [5.41, 5.74) is 3.47. The number of nitrogens with zero attached hydrogens (tertiary/aromatic N) is 2. The van der Waals surface area contributed by atoms with Crippen LogP contribution in [0.2, 0.25) is 0 Å². The predicted octanol–water partition coefficient (Wildman–Crippen LogP) is 4.77. The largest absolute Gasteiger partial charge is 0.289 e. The predicted molar refractivity (Wildman–Crippen MR) is 93.5 cm³/mol. The average molecular weight is 294 g/mol. The quantitative estimate of drug-likeness (QED) is 0.574. The van der Waals surface area contributed by atoms with E-state index in [1.165, 1.54) is 31.4 Å². The maximum atomic E-state index is 4.68. The van der Waals surface area contributed by atoms with E-state index in [1.807, 2.05) is 13.0 Å². The summed E-state index contributed by atoms with van der Waals surface area (Å²) < 4.78 is 0. The van der Waals surface area contributed by atoms with Crippen LogP contribution in [0.5, 0.6) is 0 Å². The van der Waals surface area contributed by atoms with Crippen molar-refractivity contribution in [2.24, 2.45) is 5.92 Å². The summed E-state index contributed by atoms with van der Waals surface area (Å²) in [6.45, 7) is 9.33. The van der Waals surface area contributed by atoms with E-state index >= 15 is 0 Å². The van der Waals surface area contributed by atoms with Gasteiger partial charge in [-0.15, -0.1) is 0 Å². The van der Waals surface area contributed by atoms with Gasteiger partial charge in [0.1, 0.15) is 0 Å². The summed E-state index contributed by atoms with van der Waals surface area (Å²) in [7, 11) is 0. The molecule has 2 aliphatic heterocycles. The van der Waals surface area contributed by atoms with E-state index in [1.54, 1.807) is 0 Å². The van der Waals surface area contributed by atoms with Crippen molar-refractivity contribution in [3.63, 3.8) is 0 Å². The molecule has 3 unspecified atom stereocenters. The zero-order valence-electron chi connectivity index (χ0n) is 13.7. The van der Waals surface area contributed by atoms with Crippen molar-refractivity contribution >= 4 is 5.57 Å². The summed E-state index contributed by atoms with van der Waals surface area (Å²) in [4.78, 5) is 7.36. The van der Waals surface area contributed by atoms with Gasteiger partial charge in [-0.25, -0.2) is 0 Å². The molecule has 1 fully saturated rings. The standard InChI is InChI=1S/C20H26N2/c1-4-13-22-18-10-7-16(8-11-18)20(22)17-9-12-19(21-14-17)15(5-2)6-3/h5-7,9-10,12,14,16,18,20H,2,4,8,11,13H2,1,3H3/b15-6+. The Morgan fingerprint density at radius 1 is 1.36 bits per heavy atom. The Balaban J connectivity index is 1.89. The van der Waals surface area contributed by atoms with Crippen LogP contribution in [0, 0.1) is 5.92 Å². The van der Waals surface area contributed by atoms with Crippen LogP contribution in [-0.4, -0.2) is 22.5 Å². The molecule has 0 radical (unpaired) electrons. The second kappa shape index (κ2) is 6.62. The third-order valence-corrected chi connectivity index (χ3v) is 5.00. The van der Waals surface area contributed by atoms with Gasteiger partial charge in [-0.1, -0.05) is 43.9 Å². The fraction of sp³-hybridized carbons (Fsp3) is 0.450. The SMILES string of the molecule is C=C/C(=C\C)c1ccc(C2C3C=CC(CC3)N2CCC)cn1. The van der Waals surface area contributed by atoms with E-state index in [9.17, 15) is 0 Å². The topological polar surface area (TPSA) is 16.1 Å². The van der Waals surface area contributed by atoms with Crippen molar-refractivity contribution in [3.05, 3.63) is 60.5 Å². The first-order valence-corrected chi connectivity index (χ1v) is 8.47. The number of fused-ring (bicyclic) bond motifs is 2. The molecule has 0 N–H and O–H groups in total. The van der Waals surface area contributed by atoms with Gasteiger partial charge in [0.2, 0.25) is 0 Å². The van der Waals surface area contributed by atoms with Gasteiger partial charge in [-0.2, -0.15) is 0 Å². The highest BCUT2D eigenvalue weighted by Gasteiger charge is 2.38. The Kier molecular flexibility index (Phi) is 4.58. The third-order valence-electron chi connectivity index (χ3n) is 5.00. The highest BCUT2D eigenvalue weighted by atomic mass is 15.2. The lowest BCUT2D eigenvalue weighted by atomic mass is 9.77. The van der Waals surface area contributed by atoms with E-state index in [4.69, 9.17) is 0 Å². The van der Waals surface area contributed by atoms with Crippen LogP contribution in [0.15, 0.2) is 49.2 Å². The second-order valence-electron chi connectivity index (χ2n) is 6.30. The number of aromatic nitrogens is 1. The van der Waals surface area contributed by atoms with Gasteiger partial charge in [0.05, 0.1) is 5.69 Å². The van der Waals surface area contributed by atoms with Crippen LogP contribution >= 0.6 is 0 Å². The van der Waals surface area contributed by atoms with E-state index in [-0.39, 0.29) is 0 Å². The summed E-state index contributed by atoms with van der Waals surface area (Å²) in [6, 6.07) is 5.52. The minimum atomic E-state index is 0.503. The van der Waals surface area contributed by atoms with Gasteiger partial charge in [0.25, 0.3) is 0 Å². The molecule has 3 heterocycles. The number of pyridine rings is 1. The molecule has 0 aromatic carbocycles. The third kappa shape index (κ3) is 2.68. The Morgan fingerprint density at radius 3 is 2.77 bits per heavy atom. The molecule has 2 bridgehead atoms. The maximum absolute atomic E-state index is 4.68. The molecule has 0 saturated carbocycles. The molecule has 0 spiro atoms. The molecule has 4 rings (SSSR count). The van der Waals surface area contributed by atoms with Crippen LogP contribution in [0.3, 0.4) is 0 Å². The van der Waals surface area contributed by atoms with Crippen molar-refractivity contribution in [1.29, 1.82) is 0 Å². The first-order valence-electron chi connectivity index (χ1n) is 8.47. The number of hydrogen-bond donors (Lipinski definition) is 0. The zero-order chi connectivity index (χ0) is 15.5. The zero-order valence-corrected chi connectivity index (χ0v) is 13.7. The molecule has 1 aliphatic carbocycles. The fourth-order valence-electron chi connectivity index (χ4n) is 3.94. The molecule has 3 atom stereocenters. The second-order valence-corrected chi connectivity index (χ2v) is 6.30. The van der Waals surface area contributed by atoms with Crippen molar-refractivity contribution in [2.75, 3.05) is 6.54 Å². The van der Waals surface area contributed by atoms with E-state index in [2.05, 4.69) is 59.9 Å². The van der Waals surface area contributed by atoms with Crippen molar-refractivity contribution in [2.45, 2.75) is 45.2 Å². The summed E-state index contributed by atoms with van der Waals surface area (Å²) in [5, 5.41) is 0. The number of rotatable bonds is 5. The molecule has 22 heavy (non-hydrogen) atoms. The van der Waals surface area contributed by atoms with Gasteiger partial charge in [0.15, 0.2) is 0 Å². The number of piperidine rings is 1. The molecule has 3 aliphatic rings. The van der Waals surface area contributed by atoms with Gasteiger partial charge in [0, 0.05) is 18.3 Å². The molecular formula is C20H26N2. The first-order chi connectivity index (χ1) is 10.8. The molecule has 116 valence electrons. The first kappa shape index (κ1) is 15.2. The highest BCUT2D eigenvalue weighted by Crippen LogP contribution is 2.43. The molecule has 2 nitrogen and oxygen atoms in total. The highest BCUT2D eigenvalue weighted by molar-refractivity contribution is 5.70. The van der Waals surface area contributed by atoms with Crippen molar-refractivity contribution in [1.82, 2.24) is 9.88 Å².